The molecular formula is C24H23N3O7. The van der Waals surface area contributed by atoms with E-state index in [0.29, 0.717) is 39.9 Å². The highest BCUT2D eigenvalue weighted by Gasteiger charge is 2.13. The number of anilines is 1. The summed E-state index contributed by atoms with van der Waals surface area (Å²) in [4.78, 5) is 29.7. The normalized spacial score (nSPS) is 10.5. The Labute approximate surface area is 196 Å². The summed E-state index contributed by atoms with van der Waals surface area (Å²) in [5.41, 5.74) is 4.09. The van der Waals surface area contributed by atoms with Gasteiger partial charge in [-0.2, -0.15) is 0 Å². The number of hydrogen-bond donors (Lipinski definition) is 1. The molecule has 1 amide bonds. The zero-order chi connectivity index (χ0) is 24.5. The highest BCUT2D eigenvalue weighted by atomic mass is 16.7. The van der Waals surface area contributed by atoms with Crippen LogP contribution in [-0.2, 0) is 4.84 Å². The molecule has 0 aliphatic heterocycles. The molecule has 0 aromatic heterocycles. The largest absolute Gasteiger partial charge is 0.493 e. The van der Waals surface area contributed by atoms with Crippen LogP contribution in [-0.4, -0.2) is 40.3 Å². The summed E-state index contributed by atoms with van der Waals surface area (Å²) < 4.78 is 20.7. The monoisotopic (exact) mass is 465 g/mol. The molecule has 0 aliphatic carbocycles. The van der Waals surface area contributed by atoms with E-state index in [9.17, 15) is 9.59 Å². The van der Waals surface area contributed by atoms with Gasteiger partial charge in [0.05, 0.1) is 45.4 Å². The molecule has 0 fully saturated rings. The van der Waals surface area contributed by atoms with Crippen LogP contribution in [0.1, 0.15) is 20.7 Å². The summed E-state index contributed by atoms with van der Waals surface area (Å²) in [7, 11) is 5.97. The Balaban J connectivity index is 1.59. The third-order valence-electron chi connectivity index (χ3n) is 4.63. The van der Waals surface area contributed by atoms with Crippen LogP contribution >= 0.6 is 0 Å². The first kappa shape index (κ1) is 24.1. The van der Waals surface area contributed by atoms with E-state index in [1.54, 1.807) is 48.5 Å². The van der Waals surface area contributed by atoms with E-state index in [1.165, 1.54) is 40.6 Å². The molecule has 34 heavy (non-hydrogen) atoms. The van der Waals surface area contributed by atoms with Gasteiger partial charge in [0.1, 0.15) is 0 Å². The van der Waals surface area contributed by atoms with Crippen LogP contribution in [0.2, 0.25) is 0 Å². The SMILES string of the molecule is COc1ccc(C(=O)N=Nc2ccc(NOC(=O)c3ccc(OC)c(OC)c3)cc2)cc1OC. The molecule has 176 valence electrons. The van der Waals surface area contributed by atoms with Crippen molar-refractivity contribution in [2.45, 2.75) is 0 Å². The Kier molecular flexibility index (Phi) is 8.01. The molecule has 0 aliphatic rings. The van der Waals surface area contributed by atoms with Crippen LogP contribution in [0.3, 0.4) is 0 Å². The molecule has 1 N–H and O–H groups in total. The van der Waals surface area contributed by atoms with Gasteiger partial charge < -0.3 is 23.8 Å². The van der Waals surface area contributed by atoms with Gasteiger partial charge in [-0.05, 0) is 60.7 Å². The Bertz CT molecular complexity index is 1190. The van der Waals surface area contributed by atoms with Gasteiger partial charge in [-0.25, -0.2) is 10.3 Å². The molecule has 0 radical (unpaired) electrons. The molecule has 0 spiro atoms. The van der Waals surface area contributed by atoms with Crippen LogP contribution in [0, 0.1) is 0 Å². The second-order valence-corrected chi connectivity index (χ2v) is 6.68. The summed E-state index contributed by atoms with van der Waals surface area (Å²) in [6.07, 6.45) is 0. The van der Waals surface area contributed by atoms with Crippen molar-refractivity contribution >= 4 is 23.3 Å². The van der Waals surface area contributed by atoms with Gasteiger partial charge in [0.15, 0.2) is 23.0 Å². The quantitative estimate of drug-likeness (QED) is 0.353. The average molecular weight is 465 g/mol. The van der Waals surface area contributed by atoms with Crippen molar-refractivity contribution < 1.29 is 33.4 Å². The number of carbonyl (C=O) groups excluding carboxylic acids is 2. The maximum absolute atomic E-state index is 12.3. The van der Waals surface area contributed by atoms with Crippen LogP contribution in [0.5, 0.6) is 23.0 Å². The fourth-order valence-corrected chi connectivity index (χ4v) is 2.85. The van der Waals surface area contributed by atoms with E-state index >= 15 is 0 Å². The van der Waals surface area contributed by atoms with E-state index in [0.717, 1.165) is 0 Å². The molecule has 0 saturated carbocycles. The Morgan fingerprint density at radius 1 is 0.676 bits per heavy atom. The Morgan fingerprint density at radius 3 is 1.76 bits per heavy atom. The van der Waals surface area contributed by atoms with Crippen molar-refractivity contribution in [3.63, 3.8) is 0 Å². The highest BCUT2D eigenvalue weighted by molar-refractivity contribution is 5.95. The number of amides is 1. The second-order valence-electron chi connectivity index (χ2n) is 6.68. The summed E-state index contributed by atoms with van der Waals surface area (Å²) in [5.74, 6) is 0.695. The summed E-state index contributed by atoms with van der Waals surface area (Å²) >= 11 is 0. The van der Waals surface area contributed by atoms with Crippen molar-refractivity contribution in [2.75, 3.05) is 33.9 Å². The van der Waals surface area contributed by atoms with E-state index in [-0.39, 0.29) is 5.56 Å². The van der Waals surface area contributed by atoms with Crippen LogP contribution in [0.4, 0.5) is 11.4 Å². The number of benzene rings is 3. The summed E-state index contributed by atoms with van der Waals surface area (Å²) in [6.45, 7) is 0. The van der Waals surface area contributed by atoms with E-state index in [4.69, 9.17) is 23.8 Å². The van der Waals surface area contributed by atoms with Crippen molar-refractivity contribution in [1.29, 1.82) is 0 Å². The van der Waals surface area contributed by atoms with Crippen LogP contribution in [0.25, 0.3) is 0 Å². The highest BCUT2D eigenvalue weighted by Crippen LogP contribution is 2.29. The topological polar surface area (TPSA) is 117 Å². The van der Waals surface area contributed by atoms with Gasteiger partial charge in [-0.3, -0.25) is 4.79 Å². The molecule has 0 saturated heterocycles. The van der Waals surface area contributed by atoms with Crippen LogP contribution in [0.15, 0.2) is 70.9 Å². The molecule has 3 rings (SSSR count). The number of rotatable bonds is 9. The first-order chi connectivity index (χ1) is 16.5. The number of carbonyl (C=O) groups is 2. The van der Waals surface area contributed by atoms with Crippen molar-refractivity contribution in [1.82, 2.24) is 0 Å². The van der Waals surface area contributed by atoms with Crippen LogP contribution < -0.4 is 24.4 Å². The lowest BCUT2D eigenvalue weighted by Crippen LogP contribution is -2.11. The molecular weight excluding hydrogens is 442 g/mol. The van der Waals surface area contributed by atoms with Crippen molar-refractivity contribution in [3.05, 3.63) is 71.8 Å². The maximum Gasteiger partial charge on any atom is 0.362 e. The Hall–Kier alpha value is -4.60. The smallest absolute Gasteiger partial charge is 0.362 e. The Morgan fingerprint density at radius 2 is 1.21 bits per heavy atom. The fraction of sp³-hybridized carbons (Fsp3) is 0.167. The third kappa shape index (κ3) is 5.80. The maximum atomic E-state index is 12.3. The molecule has 0 atom stereocenters. The summed E-state index contributed by atoms with van der Waals surface area (Å²) in [6, 6.07) is 15.9. The van der Waals surface area contributed by atoms with Gasteiger partial charge in [0, 0.05) is 5.56 Å². The first-order valence-electron chi connectivity index (χ1n) is 9.96. The van der Waals surface area contributed by atoms with Gasteiger partial charge >= 0.3 is 5.97 Å². The predicted molar refractivity (Wildman–Crippen MR) is 123 cm³/mol. The zero-order valence-electron chi connectivity index (χ0n) is 19.0. The number of nitrogens with zero attached hydrogens (tertiary/aromatic N) is 2. The minimum Gasteiger partial charge on any atom is -0.493 e. The fourth-order valence-electron chi connectivity index (χ4n) is 2.85. The minimum absolute atomic E-state index is 0.282. The van der Waals surface area contributed by atoms with Gasteiger partial charge in [-0.1, -0.05) is 0 Å². The zero-order valence-corrected chi connectivity index (χ0v) is 19.0. The molecule has 10 heteroatoms. The average Bonchev–Trinajstić information content (AvgIpc) is 2.89. The van der Waals surface area contributed by atoms with E-state index in [1.807, 2.05) is 0 Å². The van der Waals surface area contributed by atoms with Crippen molar-refractivity contribution in [3.8, 4) is 23.0 Å². The predicted octanol–water partition coefficient (Wildman–Crippen LogP) is 4.83. The standard InChI is InChI=1S/C24H23N3O7/c1-30-19-11-5-15(13-21(19)32-3)23(28)26-25-17-7-9-18(10-8-17)27-34-24(29)16-6-12-20(31-2)22(14-16)33-4/h5-14,27H,1-4H3. The number of methoxy groups -OCH3 is 4. The molecule has 3 aromatic carbocycles. The lowest BCUT2D eigenvalue weighted by molar-refractivity contribution is 0.0596. The molecule has 0 unspecified atom stereocenters. The number of nitrogens with one attached hydrogen (secondary N) is 1. The van der Waals surface area contributed by atoms with Gasteiger partial charge in [0.25, 0.3) is 5.91 Å². The number of azo groups is 1. The van der Waals surface area contributed by atoms with E-state index in [2.05, 4.69) is 15.7 Å². The van der Waals surface area contributed by atoms with E-state index < -0.39 is 11.9 Å². The molecule has 10 nitrogen and oxygen atoms in total. The lowest BCUT2D eigenvalue weighted by atomic mass is 10.2. The van der Waals surface area contributed by atoms with Gasteiger partial charge in [0.2, 0.25) is 0 Å². The van der Waals surface area contributed by atoms with Crippen molar-refractivity contribution in [2.24, 2.45) is 10.2 Å². The molecule has 3 aromatic rings. The first-order valence-corrected chi connectivity index (χ1v) is 9.96. The molecule has 0 bridgehead atoms. The minimum atomic E-state index is -0.606. The summed E-state index contributed by atoms with van der Waals surface area (Å²) in [5, 5.41) is 7.67. The number of ether oxygens (including phenoxy) is 4. The molecule has 0 heterocycles. The number of hydrogen-bond acceptors (Lipinski definition) is 9. The second kappa shape index (κ2) is 11.3. The third-order valence-corrected chi connectivity index (χ3v) is 4.63. The van der Waals surface area contributed by atoms with Gasteiger partial charge in [-0.15, -0.1) is 10.2 Å². The lowest BCUT2D eigenvalue weighted by Gasteiger charge is -2.10.